The zero-order valence-corrected chi connectivity index (χ0v) is 13.1. The maximum atomic E-state index is 11.8. The average Bonchev–Trinajstić information content (AvgIpc) is 3.02. The van der Waals surface area contributed by atoms with Gasteiger partial charge in [-0.2, -0.15) is 0 Å². The van der Waals surface area contributed by atoms with Gasteiger partial charge < -0.3 is 10.1 Å². The minimum atomic E-state index is -0.536. The molecule has 1 heterocycles. The fraction of sp³-hybridized carbons (Fsp3) is 0.0625. The molecule has 0 spiro atoms. The van der Waals surface area contributed by atoms with Crippen molar-refractivity contribution in [1.29, 1.82) is 0 Å². The number of hydrogen-bond donors (Lipinski definition) is 3. The van der Waals surface area contributed by atoms with Crippen LogP contribution in [-0.4, -0.2) is 21.1 Å². The van der Waals surface area contributed by atoms with E-state index < -0.39 is 11.6 Å². The van der Waals surface area contributed by atoms with Gasteiger partial charge in [-0.15, -0.1) is 5.10 Å². The smallest absolute Gasteiger partial charge is 0.341 e. The Hall–Kier alpha value is -3.06. The Morgan fingerprint density at radius 2 is 1.83 bits per heavy atom. The summed E-state index contributed by atoms with van der Waals surface area (Å²) < 4.78 is 5.66. The molecular formula is C16H13ClN4O3. The summed E-state index contributed by atoms with van der Waals surface area (Å²) in [5.41, 5.74) is 1.02. The van der Waals surface area contributed by atoms with Gasteiger partial charge in [-0.05, 0) is 42.0 Å². The van der Waals surface area contributed by atoms with Gasteiger partial charge in [0.1, 0.15) is 12.4 Å². The van der Waals surface area contributed by atoms with Crippen LogP contribution in [0.5, 0.6) is 5.75 Å². The summed E-state index contributed by atoms with van der Waals surface area (Å²) in [5, 5.41) is 8.98. The fourth-order valence-corrected chi connectivity index (χ4v) is 2.08. The average molecular weight is 345 g/mol. The van der Waals surface area contributed by atoms with Crippen molar-refractivity contribution in [2.75, 3.05) is 5.32 Å². The summed E-state index contributed by atoms with van der Waals surface area (Å²) in [6.07, 6.45) is 0. The second-order valence-corrected chi connectivity index (χ2v) is 5.36. The summed E-state index contributed by atoms with van der Waals surface area (Å²) in [6.45, 7) is 0.414. The second kappa shape index (κ2) is 7.01. The van der Waals surface area contributed by atoms with E-state index in [0.717, 1.165) is 5.56 Å². The molecule has 0 unspecified atom stereocenters. The number of aromatic nitrogens is 3. The van der Waals surface area contributed by atoms with Crippen LogP contribution in [0.2, 0.25) is 5.02 Å². The summed E-state index contributed by atoms with van der Waals surface area (Å²) in [5.74, 6) is 0.0716. The Morgan fingerprint density at radius 1 is 1.12 bits per heavy atom. The minimum Gasteiger partial charge on any atom is -0.489 e. The van der Waals surface area contributed by atoms with Crippen LogP contribution in [-0.2, 0) is 6.61 Å². The Labute approximate surface area is 141 Å². The van der Waals surface area contributed by atoms with E-state index in [-0.39, 0.29) is 5.82 Å². The molecule has 8 heteroatoms. The maximum Gasteiger partial charge on any atom is 0.341 e. The Morgan fingerprint density at radius 3 is 2.46 bits per heavy atom. The highest BCUT2D eigenvalue weighted by molar-refractivity contribution is 6.30. The first-order valence-corrected chi connectivity index (χ1v) is 7.41. The SMILES string of the molecule is O=C(Nc1ccc(OCc2ccc(Cl)cc2)cc1)c1n[nH]c(=O)[nH]1. The highest BCUT2D eigenvalue weighted by Gasteiger charge is 2.10. The normalized spacial score (nSPS) is 10.4. The first-order valence-electron chi connectivity index (χ1n) is 7.03. The van der Waals surface area contributed by atoms with E-state index in [1.54, 1.807) is 36.4 Å². The first kappa shape index (κ1) is 15.8. The lowest BCUT2D eigenvalue weighted by molar-refractivity contribution is 0.101. The van der Waals surface area contributed by atoms with Gasteiger partial charge in [-0.1, -0.05) is 23.7 Å². The molecule has 0 atom stereocenters. The molecule has 122 valence electrons. The summed E-state index contributed by atoms with van der Waals surface area (Å²) in [6, 6.07) is 14.2. The fourth-order valence-electron chi connectivity index (χ4n) is 1.95. The third kappa shape index (κ3) is 4.02. The number of carbonyl (C=O) groups is 1. The van der Waals surface area contributed by atoms with Crippen LogP contribution in [0.15, 0.2) is 53.3 Å². The van der Waals surface area contributed by atoms with Crippen molar-refractivity contribution in [3.8, 4) is 5.75 Å². The topological polar surface area (TPSA) is 99.9 Å². The number of nitrogens with one attached hydrogen (secondary N) is 3. The Balaban J connectivity index is 1.57. The second-order valence-electron chi connectivity index (χ2n) is 4.92. The van der Waals surface area contributed by atoms with Crippen molar-refractivity contribution >= 4 is 23.2 Å². The van der Waals surface area contributed by atoms with Crippen molar-refractivity contribution in [2.45, 2.75) is 6.61 Å². The number of benzene rings is 2. The number of amides is 1. The van der Waals surface area contributed by atoms with Crippen LogP contribution >= 0.6 is 11.6 Å². The van der Waals surface area contributed by atoms with Gasteiger partial charge >= 0.3 is 5.69 Å². The van der Waals surface area contributed by atoms with Crippen molar-refractivity contribution < 1.29 is 9.53 Å². The summed E-state index contributed by atoms with van der Waals surface area (Å²) in [7, 11) is 0. The highest BCUT2D eigenvalue weighted by atomic mass is 35.5. The van der Waals surface area contributed by atoms with E-state index in [1.165, 1.54) is 0 Å². The molecule has 0 aliphatic heterocycles. The molecule has 0 aliphatic carbocycles. The third-order valence-electron chi connectivity index (χ3n) is 3.15. The number of anilines is 1. The van der Waals surface area contributed by atoms with Gasteiger partial charge in [0.2, 0.25) is 5.82 Å². The highest BCUT2D eigenvalue weighted by Crippen LogP contribution is 2.18. The molecule has 1 aromatic heterocycles. The molecule has 0 saturated carbocycles. The number of carbonyl (C=O) groups excluding carboxylic acids is 1. The van der Waals surface area contributed by atoms with Gasteiger partial charge in [-0.25, -0.2) is 9.89 Å². The molecule has 3 aromatic rings. The number of H-pyrrole nitrogens is 2. The molecule has 24 heavy (non-hydrogen) atoms. The molecule has 0 radical (unpaired) electrons. The van der Waals surface area contributed by atoms with E-state index in [1.807, 2.05) is 12.1 Å². The molecule has 7 nitrogen and oxygen atoms in total. The van der Waals surface area contributed by atoms with E-state index in [9.17, 15) is 9.59 Å². The quantitative estimate of drug-likeness (QED) is 0.662. The largest absolute Gasteiger partial charge is 0.489 e. The number of ether oxygens (including phenoxy) is 1. The molecule has 0 fully saturated rings. The van der Waals surface area contributed by atoms with Crippen LogP contribution < -0.4 is 15.7 Å². The number of rotatable bonds is 5. The van der Waals surface area contributed by atoms with E-state index >= 15 is 0 Å². The third-order valence-corrected chi connectivity index (χ3v) is 3.40. The van der Waals surface area contributed by atoms with E-state index in [2.05, 4.69) is 20.5 Å². The standard InChI is InChI=1S/C16H13ClN4O3/c17-11-3-1-10(2-4-11)9-24-13-7-5-12(6-8-13)18-15(22)14-19-16(23)21-20-14/h1-8H,9H2,(H,18,22)(H2,19,20,21,23). The summed E-state index contributed by atoms with van der Waals surface area (Å²) in [4.78, 5) is 25.0. The van der Waals surface area contributed by atoms with Gasteiger partial charge in [0.15, 0.2) is 0 Å². The van der Waals surface area contributed by atoms with Crippen LogP contribution in [0.1, 0.15) is 16.2 Å². The van der Waals surface area contributed by atoms with Crippen LogP contribution in [0.4, 0.5) is 5.69 Å². The number of aromatic amines is 2. The molecular weight excluding hydrogens is 332 g/mol. The molecule has 3 rings (SSSR count). The van der Waals surface area contributed by atoms with Crippen LogP contribution in [0.3, 0.4) is 0 Å². The minimum absolute atomic E-state index is 0.0805. The van der Waals surface area contributed by atoms with Crippen LogP contribution in [0, 0.1) is 0 Å². The molecule has 2 aromatic carbocycles. The Kier molecular flexibility index (Phi) is 4.62. The summed E-state index contributed by atoms with van der Waals surface area (Å²) >= 11 is 5.83. The lowest BCUT2D eigenvalue weighted by Gasteiger charge is -2.08. The molecule has 1 amide bonds. The van der Waals surface area contributed by atoms with Gasteiger partial charge in [-0.3, -0.25) is 9.78 Å². The van der Waals surface area contributed by atoms with Crippen LogP contribution in [0.25, 0.3) is 0 Å². The molecule has 0 saturated heterocycles. The van der Waals surface area contributed by atoms with Crippen molar-refractivity contribution in [2.24, 2.45) is 0 Å². The zero-order chi connectivity index (χ0) is 16.9. The van der Waals surface area contributed by atoms with Crippen molar-refractivity contribution in [3.63, 3.8) is 0 Å². The maximum absolute atomic E-state index is 11.8. The van der Waals surface area contributed by atoms with Gasteiger partial charge in [0.05, 0.1) is 0 Å². The Bertz CT molecular complexity index is 885. The van der Waals surface area contributed by atoms with Gasteiger partial charge in [0.25, 0.3) is 5.91 Å². The number of hydrogen-bond acceptors (Lipinski definition) is 4. The van der Waals surface area contributed by atoms with Crippen molar-refractivity contribution in [1.82, 2.24) is 15.2 Å². The first-order chi connectivity index (χ1) is 11.6. The van der Waals surface area contributed by atoms with E-state index in [4.69, 9.17) is 16.3 Å². The number of halogens is 1. The lowest BCUT2D eigenvalue weighted by atomic mass is 10.2. The molecule has 3 N–H and O–H groups in total. The molecule has 0 bridgehead atoms. The van der Waals surface area contributed by atoms with E-state index in [0.29, 0.717) is 23.1 Å². The lowest BCUT2D eigenvalue weighted by Crippen LogP contribution is -2.14. The molecule has 0 aliphatic rings. The zero-order valence-electron chi connectivity index (χ0n) is 12.4. The monoisotopic (exact) mass is 344 g/mol. The predicted molar refractivity (Wildman–Crippen MR) is 89.4 cm³/mol. The predicted octanol–water partition coefficient (Wildman–Crippen LogP) is 2.58. The van der Waals surface area contributed by atoms with Crippen molar-refractivity contribution in [3.05, 3.63) is 75.4 Å². The number of nitrogens with zero attached hydrogens (tertiary/aromatic N) is 1. The van der Waals surface area contributed by atoms with Gasteiger partial charge in [0, 0.05) is 10.7 Å².